The highest BCUT2D eigenvalue weighted by Crippen LogP contribution is 2.34. The number of fused-ring (bicyclic) bond motifs is 1. The van der Waals surface area contributed by atoms with Gasteiger partial charge in [-0.05, 0) is 37.0 Å². The largest absolute Gasteiger partial charge is 0.388 e. The molecule has 1 aromatic heterocycles. The average Bonchev–Trinajstić information content (AvgIpc) is 2.95. The lowest BCUT2D eigenvalue weighted by atomic mass is 9.91. The Labute approximate surface area is 140 Å². The summed E-state index contributed by atoms with van der Waals surface area (Å²) in [6, 6.07) is 5.72. The average molecular weight is 331 g/mol. The molecule has 1 aliphatic rings. The summed E-state index contributed by atoms with van der Waals surface area (Å²) in [7, 11) is 3.67. The first kappa shape index (κ1) is 16.6. The molecular formula is C18H22FN3O2. The summed E-state index contributed by atoms with van der Waals surface area (Å²) in [5, 5.41) is 14.5. The van der Waals surface area contributed by atoms with E-state index in [1.807, 2.05) is 17.9 Å². The third-order valence-corrected chi connectivity index (χ3v) is 4.81. The van der Waals surface area contributed by atoms with Gasteiger partial charge in [0.25, 0.3) is 0 Å². The molecule has 3 rings (SSSR count). The van der Waals surface area contributed by atoms with Crippen LogP contribution in [0.25, 0.3) is 0 Å². The Morgan fingerprint density at radius 3 is 3.08 bits per heavy atom. The van der Waals surface area contributed by atoms with Gasteiger partial charge in [0.1, 0.15) is 5.82 Å². The third kappa shape index (κ3) is 3.19. The molecule has 24 heavy (non-hydrogen) atoms. The van der Waals surface area contributed by atoms with E-state index in [1.54, 1.807) is 18.0 Å². The van der Waals surface area contributed by atoms with Crippen molar-refractivity contribution in [2.75, 3.05) is 7.05 Å². The molecule has 1 aliphatic carbocycles. The number of aromatic nitrogens is 2. The van der Waals surface area contributed by atoms with E-state index < -0.39 is 11.9 Å². The quantitative estimate of drug-likeness (QED) is 0.936. The second-order valence-corrected chi connectivity index (χ2v) is 6.36. The molecule has 0 aliphatic heterocycles. The third-order valence-electron chi connectivity index (χ3n) is 4.81. The van der Waals surface area contributed by atoms with Gasteiger partial charge in [0.15, 0.2) is 0 Å². The molecule has 2 unspecified atom stereocenters. The lowest BCUT2D eigenvalue weighted by Crippen LogP contribution is -2.34. The minimum Gasteiger partial charge on any atom is -0.388 e. The maximum absolute atomic E-state index is 13.3. The predicted molar refractivity (Wildman–Crippen MR) is 87.6 cm³/mol. The van der Waals surface area contributed by atoms with Crippen molar-refractivity contribution in [1.29, 1.82) is 0 Å². The number of amides is 1. The Kier molecular flexibility index (Phi) is 4.66. The molecule has 0 radical (unpaired) electrons. The summed E-state index contributed by atoms with van der Waals surface area (Å²) < 4.78 is 15.1. The molecule has 0 saturated carbocycles. The van der Waals surface area contributed by atoms with E-state index in [1.165, 1.54) is 18.2 Å². The summed E-state index contributed by atoms with van der Waals surface area (Å²) in [5.41, 5.74) is 2.67. The van der Waals surface area contributed by atoms with Crippen LogP contribution in [0.1, 0.15) is 48.2 Å². The second-order valence-electron chi connectivity index (χ2n) is 6.36. The number of carbonyl (C=O) groups excluding carboxylic acids is 1. The van der Waals surface area contributed by atoms with E-state index >= 15 is 0 Å². The number of nitrogens with zero attached hydrogens (tertiary/aromatic N) is 3. The number of aliphatic hydroxyl groups excluding tert-OH is 1. The molecule has 1 aromatic carbocycles. The number of halogens is 1. The Morgan fingerprint density at radius 1 is 1.54 bits per heavy atom. The maximum atomic E-state index is 13.3. The molecule has 1 amide bonds. The lowest BCUT2D eigenvalue weighted by molar-refractivity contribution is -0.134. The van der Waals surface area contributed by atoms with Crippen molar-refractivity contribution in [3.05, 3.63) is 53.1 Å². The Morgan fingerprint density at radius 2 is 2.33 bits per heavy atom. The molecule has 2 aromatic rings. The van der Waals surface area contributed by atoms with Crippen LogP contribution in [0.3, 0.4) is 0 Å². The SMILES string of the molecule is CN(C(=O)CC(O)c1cccc(F)c1)C1CCCc2c1cnn2C. The predicted octanol–water partition coefficient (Wildman–Crippen LogP) is 2.52. The Bertz CT molecular complexity index is 744. The first-order valence-corrected chi connectivity index (χ1v) is 8.17. The first-order chi connectivity index (χ1) is 11.5. The van der Waals surface area contributed by atoms with Crippen LogP contribution in [-0.2, 0) is 18.3 Å². The fraction of sp³-hybridized carbons (Fsp3) is 0.444. The van der Waals surface area contributed by atoms with Crippen molar-refractivity contribution in [3.63, 3.8) is 0 Å². The molecule has 0 saturated heterocycles. The summed E-state index contributed by atoms with van der Waals surface area (Å²) in [4.78, 5) is 14.3. The number of aliphatic hydroxyl groups is 1. The van der Waals surface area contributed by atoms with Gasteiger partial charge >= 0.3 is 0 Å². The highest BCUT2D eigenvalue weighted by Gasteiger charge is 2.29. The van der Waals surface area contributed by atoms with Crippen LogP contribution in [0.2, 0.25) is 0 Å². The number of rotatable bonds is 4. The van der Waals surface area contributed by atoms with Gasteiger partial charge in [-0.15, -0.1) is 0 Å². The fourth-order valence-corrected chi connectivity index (χ4v) is 3.40. The smallest absolute Gasteiger partial charge is 0.225 e. The van der Waals surface area contributed by atoms with E-state index in [-0.39, 0.29) is 18.4 Å². The number of hydrogen-bond donors (Lipinski definition) is 1. The lowest BCUT2D eigenvalue weighted by Gasteiger charge is -2.32. The van der Waals surface area contributed by atoms with Crippen LogP contribution in [0, 0.1) is 5.82 Å². The van der Waals surface area contributed by atoms with Gasteiger partial charge in [-0.1, -0.05) is 12.1 Å². The Balaban J connectivity index is 1.71. The molecule has 0 spiro atoms. The summed E-state index contributed by atoms with van der Waals surface area (Å²) in [6.45, 7) is 0. The molecule has 2 atom stereocenters. The number of carbonyl (C=O) groups is 1. The summed E-state index contributed by atoms with van der Waals surface area (Å²) in [6.07, 6.45) is 3.61. The van der Waals surface area contributed by atoms with Gasteiger partial charge < -0.3 is 10.0 Å². The van der Waals surface area contributed by atoms with E-state index in [0.717, 1.165) is 30.5 Å². The zero-order valence-corrected chi connectivity index (χ0v) is 13.9. The Hall–Kier alpha value is -2.21. The molecule has 0 bridgehead atoms. The summed E-state index contributed by atoms with van der Waals surface area (Å²) in [5.74, 6) is -0.576. The molecule has 5 nitrogen and oxygen atoms in total. The van der Waals surface area contributed by atoms with Gasteiger partial charge in [-0.2, -0.15) is 5.10 Å². The molecule has 6 heteroatoms. The number of aryl methyl sites for hydroxylation is 1. The molecular weight excluding hydrogens is 309 g/mol. The van der Waals surface area contributed by atoms with E-state index in [0.29, 0.717) is 5.56 Å². The summed E-state index contributed by atoms with van der Waals surface area (Å²) >= 11 is 0. The monoisotopic (exact) mass is 331 g/mol. The van der Waals surface area contributed by atoms with Crippen LogP contribution in [0.15, 0.2) is 30.5 Å². The van der Waals surface area contributed by atoms with Crippen LogP contribution >= 0.6 is 0 Å². The number of hydrogen-bond acceptors (Lipinski definition) is 3. The maximum Gasteiger partial charge on any atom is 0.225 e. The van der Waals surface area contributed by atoms with Crippen LogP contribution in [0.4, 0.5) is 4.39 Å². The van der Waals surface area contributed by atoms with E-state index in [4.69, 9.17) is 0 Å². The van der Waals surface area contributed by atoms with E-state index in [2.05, 4.69) is 5.10 Å². The van der Waals surface area contributed by atoms with Crippen molar-refractivity contribution in [1.82, 2.24) is 14.7 Å². The zero-order chi connectivity index (χ0) is 17.3. The topological polar surface area (TPSA) is 58.4 Å². The highest BCUT2D eigenvalue weighted by molar-refractivity contribution is 5.77. The minimum atomic E-state index is -1.01. The normalized spacial score (nSPS) is 18.1. The minimum absolute atomic E-state index is 0.0188. The van der Waals surface area contributed by atoms with Crippen molar-refractivity contribution < 1.29 is 14.3 Å². The molecule has 0 fully saturated rings. The van der Waals surface area contributed by atoms with Gasteiger partial charge in [0, 0.05) is 25.4 Å². The van der Waals surface area contributed by atoms with Gasteiger partial charge in [0.05, 0.1) is 24.8 Å². The van der Waals surface area contributed by atoms with Gasteiger partial charge in [-0.25, -0.2) is 4.39 Å². The highest BCUT2D eigenvalue weighted by atomic mass is 19.1. The van der Waals surface area contributed by atoms with Crippen molar-refractivity contribution in [2.45, 2.75) is 37.8 Å². The number of benzene rings is 1. The van der Waals surface area contributed by atoms with Crippen molar-refractivity contribution in [2.24, 2.45) is 7.05 Å². The molecule has 1 heterocycles. The van der Waals surface area contributed by atoms with Crippen molar-refractivity contribution in [3.8, 4) is 0 Å². The standard InChI is InChI=1S/C18H22FN3O2/c1-21(15-7-4-8-16-14(15)11-20-22(16)2)18(24)10-17(23)12-5-3-6-13(19)9-12/h3,5-6,9,11,15,17,23H,4,7-8,10H2,1-2H3. The fourth-order valence-electron chi connectivity index (χ4n) is 3.40. The van der Waals surface area contributed by atoms with Gasteiger partial charge in [0.2, 0.25) is 5.91 Å². The van der Waals surface area contributed by atoms with Crippen molar-refractivity contribution >= 4 is 5.91 Å². The van der Waals surface area contributed by atoms with Crippen LogP contribution < -0.4 is 0 Å². The van der Waals surface area contributed by atoms with Gasteiger partial charge in [-0.3, -0.25) is 9.48 Å². The molecule has 128 valence electrons. The second kappa shape index (κ2) is 6.73. The zero-order valence-electron chi connectivity index (χ0n) is 13.9. The molecule has 1 N–H and O–H groups in total. The van der Waals surface area contributed by atoms with Crippen LogP contribution in [0.5, 0.6) is 0 Å². The first-order valence-electron chi connectivity index (χ1n) is 8.17. The van der Waals surface area contributed by atoms with Crippen LogP contribution in [-0.4, -0.2) is 32.7 Å². The van der Waals surface area contributed by atoms with E-state index in [9.17, 15) is 14.3 Å².